The highest BCUT2D eigenvalue weighted by Gasteiger charge is 2.20. The SMILES string of the molecule is Cc1ccc(-c2ccccc2)cc1-c1c(C)cc(-c2ccccc2)c(-c2cc(-c3ccccc3)ccc2C)c1C. The molecule has 194 valence electrons. The fraction of sp³-hybridized carbons (Fsp3) is 0.100. The lowest BCUT2D eigenvalue weighted by atomic mass is 9.81. The van der Waals surface area contributed by atoms with Gasteiger partial charge in [-0.3, -0.25) is 0 Å². The lowest BCUT2D eigenvalue weighted by molar-refractivity contribution is 1.34. The highest BCUT2D eigenvalue weighted by Crippen LogP contribution is 2.44. The Bertz CT molecular complexity index is 1790. The number of hydrogen-bond acceptors (Lipinski definition) is 0. The normalized spacial score (nSPS) is 11.0. The van der Waals surface area contributed by atoms with E-state index in [-0.39, 0.29) is 0 Å². The highest BCUT2D eigenvalue weighted by molar-refractivity contribution is 5.94. The molecule has 0 atom stereocenters. The molecule has 0 amide bonds. The first-order valence-corrected chi connectivity index (χ1v) is 14.0. The Balaban J connectivity index is 1.64. The molecule has 0 bridgehead atoms. The third-order valence-corrected chi connectivity index (χ3v) is 8.09. The van der Waals surface area contributed by atoms with Crippen molar-refractivity contribution in [3.63, 3.8) is 0 Å². The van der Waals surface area contributed by atoms with Gasteiger partial charge in [0.2, 0.25) is 0 Å². The zero-order valence-corrected chi connectivity index (χ0v) is 23.7. The van der Waals surface area contributed by atoms with Crippen molar-refractivity contribution >= 4 is 0 Å². The minimum absolute atomic E-state index is 1.24. The molecular formula is C40H34. The summed E-state index contributed by atoms with van der Waals surface area (Å²) in [6, 6.07) is 48.4. The van der Waals surface area contributed by atoms with Crippen LogP contribution >= 0.6 is 0 Å². The molecule has 0 aliphatic heterocycles. The van der Waals surface area contributed by atoms with Crippen molar-refractivity contribution in [1.29, 1.82) is 0 Å². The van der Waals surface area contributed by atoms with Crippen LogP contribution in [0.3, 0.4) is 0 Å². The van der Waals surface area contributed by atoms with E-state index in [1.54, 1.807) is 0 Å². The van der Waals surface area contributed by atoms with Crippen LogP contribution in [0.5, 0.6) is 0 Å². The van der Waals surface area contributed by atoms with Gasteiger partial charge in [0.1, 0.15) is 0 Å². The fourth-order valence-electron chi connectivity index (χ4n) is 5.99. The van der Waals surface area contributed by atoms with Gasteiger partial charge < -0.3 is 0 Å². The minimum atomic E-state index is 1.24. The molecule has 0 N–H and O–H groups in total. The highest BCUT2D eigenvalue weighted by atomic mass is 14.2. The standard InChI is InChI=1S/C40H34/c1-27-20-22-34(31-14-8-5-9-15-31)25-36(27)39-29(3)24-38(33-18-12-7-13-19-33)40(30(39)4)37-26-35(23-21-28(37)2)32-16-10-6-11-17-32/h5-26H,1-4H3. The number of hydrogen-bond donors (Lipinski definition) is 0. The van der Waals surface area contributed by atoms with Crippen molar-refractivity contribution in [1.82, 2.24) is 0 Å². The van der Waals surface area contributed by atoms with Gasteiger partial charge in [-0.15, -0.1) is 0 Å². The van der Waals surface area contributed by atoms with Crippen LogP contribution in [0.1, 0.15) is 22.3 Å². The van der Waals surface area contributed by atoms with Crippen LogP contribution in [0.4, 0.5) is 0 Å². The van der Waals surface area contributed by atoms with Crippen molar-refractivity contribution in [3.8, 4) is 55.6 Å². The molecule has 6 aromatic carbocycles. The maximum Gasteiger partial charge on any atom is -0.00669 e. The average Bonchev–Trinajstić information content (AvgIpc) is 3.00. The van der Waals surface area contributed by atoms with E-state index < -0.39 is 0 Å². The third kappa shape index (κ3) is 4.78. The van der Waals surface area contributed by atoms with Crippen molar-refractivity contribution in [3.05, 3.63) is 156 Å². The topological polar surface area (TPSA) is 0 Å². The molecule has 0 aromatic heterocycles. The van der Waals surface area contributed by atoms with Crippen LogP contribution < -0.4 is 0 Å². The minimum Gasteiger partial charge on any atom is -0.0622 e. The quantitative estimate of drug-likeness (QED) is 0.215. The van der Waals surface area contributed by atoms with Gasteiger partial charge in [0.05, 0.1) is 0 Å². The van der Waals surface area contributed by atoms with Crippen molar-refractivity contribution in [2.75, 3.05) is 0 Å². The smallest absolute Gasteiger partial charge is 0.00669 e. The van der Waals surface area contributed by atoms with E-state index in [9.17, 15) is 0 Å². The maximum atomic E-state index is 2.40. The molecule has 0 saturated carbocycles. The monoisotopic (exact) mass is 514 g/mol. The predicted octanol–water partition coefficient (Wildman–Crippen LogP) is 11.3. The first-order valence-electron chi connectivity index (χ1n) is 14.0. The summed E-state index contributed by atoms with van der Waals surface area (Å²) in [6.07, 6.45) is 0. The molecule has 0 aliphatic rings. The largest absolute Gasteiger partial charge is 0.0622 e. The van der Waals surface area contributed by atoms with Crippen molar-refractivity contribution in [2.24, 2.45) is 0 Å². The summed E-state index contributed by atoms with van der Waals surface area (Å²) in [5.74, 6) is 0. The van der Waals surface area contributed by atoms with E-state index in [1.807, 2.05) is 0 Å². The molecule has 0 aliphatic carbocycles. The van der Waals surface area contributed by atoms with Gasteiger partial charge in [-0.1, -0.05) is 121 Å². The summed E-state index contributed by atoms with van der Waals surface area (Å²) < 4.78 is 0. The zero-order valence-electron chi connectivity index (χ0n) is 23.7. The zero-order chi connectivity index (χ0) is 27.6. The van der Waals surface area contributed by atoms with Crippen LogP contribution in [0, 0.1) is 27.7 Å². The first kappa shape index (κ1) is 25.6. The van der Waals surface area contributed by atoms with Crippen LogP contribution in [-0.4, -0.2) is 0 Å². The van der Waals surface area contributed by atoms with Gasteiger partial charge in [0.15, 0.2) is 0 Å². The second-order valence-corrected chi connectivity index (χ2v) is 10.8. The Morgan fingerprint density at radius 3 is 1.20 bits per heavy atom. The Morgan fingerprint density at radius 2 is 0.725 bits per heavy atom. The summed E-state index contributed by atoms with van der Waals surface area (Å²) in [7, 11) is 0. The average molecular weight is 515 g/mol. The molecule has 6 aromatic rings. The molecule has 0 radical (unpaired) electrons. The molecule has 0 spiro atoms. The van der Waals surface area contributed by atoms with Crippen LogP contribution in [0.25, 0.3) is 55.6 Å². The second kappa shape index (κ2) is 10.8. The summed E-state index contributed by atoms with van der Waals surface area (Å²) in [6.45, 7) is 9.04. The van der Waals surface area contributed by atoms with Crippen LogP contribution in [-0.2, 0) is 0 Å². The van der Waals surface area contributed by atoms with Crippen LogP contribution in [0.2, 0.25) is 0 Å². The first-order chi connectivity index (χ1) is 19.5. The molecule has 0 nitrogen and oxygen atoms in total. The molecule has 0 unspecified atom stereocenters. The van der Waals surface area contributed by atoms with Gasteiger partial charge in [-0.2, -0.15) is 0 Å². The lowest BCUT2D eigenvalue weighted by Gasteiger charge is -2.23. The molecular weight excluding hydrogens is 480 g/mol. The number of aryl methyl sites for hydroxylation is 3. The van der Waals surface area contributed by atoms with Crippen LogP contribution in [0.15, 0.2) is 133 Å². The fourth-order valence-corrected chi connectivity index (χ4v) is 5.99. The summed E-state index contributed by atoms with van der Waals surface area (Å²) in [5, 5.41) is 0. The van der Waals surface area contributed by atoms with E-state index >= 15 is 0 Å². The van der Waals surface area contributed by atoms with E-state index in [0.29, 0.717) is 0 Å². The van der Waals surface area contributed by atoms with Gasteiger partial charge in [-0.05, 0) is 118 Å². The van der Waals surface area contributed by atoms with E-state index in [0.717, 1.165) is 0 Å². The van der Waals surface area contributed by atoms with Crippen molar-refractivity contribution < 1.29 is 0 Å². The summed E-state index contributed by atoms with van der Waals surface area (Å²) >= 11 is 0. The molecule has 6 rings (SSSR count). The second-order valence-electron chi connectivity index (χ2n) is 10.8. The summed E-state index contributed by atoms with van der Waals surface area (Å²) in [4.78, 5) is 0. The maximum absolute atomic E-state index is 2.40. The molecule has 0 heteroatoms. The van der Waals surface area contributed by atoms with Gasteiger partial charge in [0.25, 0.3) is 0 Å². The van der Waals surface area contributed by atoms with E-state index in [4.69, 9.17) is 0 Å². The number of rotatable bonds is 5. The summed E-state index contributed by atoms with van der Waals surface area (Å²) in [5.41, 5.74) is 17.9. The Hall–Kier alpha value is -4.68. The van der Waals surface area contributed by atoms with Gasteiger partial charge in [0, 0.05) is 0 Å². The van der Waals surface area contributed by atoms with Crippen molar-refractivity contribution in [2.45, 2.75) is 27.7 Å². The lowest BCUT2D eigenvalue weighted by Crippen LogP contribution is -1.99. The van der Waals surface area contributed by atoms with Gasteiger partial charge >= 0.3 is 0 Å². The Labute approximate surface area is 238 Å². The van der Waals surface area contributed by atoms with E-state index in [2.05, 4.69) is 161 Å². The molecule has 0 saturated heterocycles. The molecule has 0 heterocycles. The van der Waals surface area contributed by atoms with Gasteiger partial charge in [-0.25, -0.2) is 0 Å². The third-order valence-electron chi connectivity index (χ3n) is 8.09. The Morgan fingerprint density at radius 1 is 0.300 bits per heavy atom. The molecule has 0 fully saturated rings. The Kier molecular flexibility index (Phi) is 6.93. The molecule has 40 heavy (non-hydrogen) atoms. The number of benzene rings is 6. The predicted molar refractivity (Wildman–Crippen MR) is 173 cm³/mol. The van der Waals surface area contributed by atoms with E-state index in [1.165, 1.54) is 77.9 Å².